The highest BCUT2D eigenvalue weighted by molar-refractivity contribution is 8.88. The number of para-hydroxylation sites is 2. The summed E-state index contributed by atoms with van der Waals surface area (Å²) in [5.41, 5.74) is 8.67. The van der Waals surface area contributed by atoms with Crippen LogP contribution in [0.15, 0.2) is 126 Å². The van der Waals surface area contributed by atoms with Crippen molar-refractivity contribution in [3.8, 4) is 22.3 Å². The van der Waals surface area contributed by atoms with Crippen molar-refractivity contribution in [1.29, 1.82) is 0 Å². The molecular weight excluding hydrogens is 3690 g/mol. The number of hydrogen-bond donors (Lipinski definition) is 1. The molecule has 0 amide bonds. The lowest BCUT2D eigenvalue weighted by Crippen LogP contribution is -1.90. The van der Waals surface area contributed by atoms with Crippen LogP contribution in [0.2, 0.25) is 0 Å². The summed E-state index contributed by atoms with van der Waals surface area (Å²) in [4.78, 5) is 0. The highest BCUT2D eigenvalue weighted by atomic mass is 33.6. The molecule has 5 aromatic carbocycles. The summed E-state index contributed by atoms with van der Waals surface area (Å²) in [5.74, 6) is 0. The van der Waals surface area contributed by atoms with Crippen molar-refractivity contribution in [3.05, 3.63) is 121 Å². The van der Waals surface area contributed by atoms with E-state index < -0.39 is 0 Å². The minimum absolute atomic E-state index is 0.923. The number of benzene rings is 5. The molecule has 2 nitrogen and oxygen atoms in total. The first-order valence-corrected chi connectivity index (χ1v) is 164. The van der Waals surface area contributed by atoms with Gasteiger partial charge < -0.3 is 9.73 Å². The zero-order chi connectivity index (χ0) is 94.7. The molecule has 0 radical (unpaired) electrons. The van der Waals surface area contributed by atoms with Crippen LogP contribution in [-0.4, -0.2) is 0 Å². The first kappa shape index (κ1) is 144. The fraction of sp³-hybridized carbons (Fsp3) is 0. The summed E-state index contributed by atoms with van der Waals surface area (Å²) >= 11 is 9.66. The van der Waals surface area contributed by atoms with Crippen molar-refractivity contribution in [2.24, 2.45) is 0 Å². The Hall–Kier alpha value is 18.4. The number of furan rings is 1. The molecule has 6 aromatic rings. The van der Waals surface area contributed by atoms with Gasteiger partial charge >= 0.3 is 0 Å². The van der Waals surface area contributed by atoms with Crippen molar-refractivity contribution in [3.63, 3.8) is 0 Å². The molecule has 0 aliphatic rings. The summed E-state index contributed by atoms with van der Waals surface area (Å²) in [7, 11) is 183. The lowest BCUT2D eigenvalue weighted by Gasteiger charge is -2.09. The molecule has 6 rings (SSSR count). The van der Waals surface area contributed by atoms with Crippen LogP contribution in [0, 0.1) is 0 Å². The zero-order valence-corrected chi connectivity index (χ0v) is 144. The Morgan fingerprint density at radius 1 is 0.141 bits per heavy atom. The van der Waals surface area contributed by atoms with Gasteiger partial charge in [-0.05, 0) is 47.0 Å². The van der Waals surface area contributed by atoms with Crippen LogP contribution in [0.1, 0.15) is 0 Å². The average Bonchev–Trinajstić information content (AvgIpc) is 1.62. The molecule has 0 aliphatic heterocycles. The first-order chi connectivity index (χ1) is 67.3. The highest BCUT2D eigenvalue weighted by Gasteiger charge is 2.12. The predicted octanol–water partition coefficient (Wildman–Crippen LogP) is 8.42. The maximum absolute atomic E-state index is 6.20. The molecule has 0 saturated carbocycles. The molecule has 1 heterocycles. The fourth-order valence-electron chi connectivity index (χ4n) is 5.37. The van der Waals surface area contributed by atoms with Crippen LogP contribution in [0.25, 0.3) is 44.2 Å². The second-order valence-corrected chi connectivity index (χ2v) is 193. The van der Waals surface area contributed by atoms with Crippen LogP contribution in [0.5, 0.6) is 0 Å². The van der Waals surface area contributed by atoms with E-state index in [1.807, 2.05) is 791 Å². The maximum atomic E-state index is 6.20. The third-order valence-corrected chi connectivity index (χ3v) is 231. The van der Waals surface area contributed by atoms with E-state index >= 15 is 0 Å². The van der Waals surface area contributed by atoms with Gasteiger partial charge in [0.25, 0.3) is 0 Å². The van der Waals surface area contributed by atoms with Gasteiger partial charge in [0.05, 0.1) is 0 Å². The van der Waals surface area contributed by atoms with Gasteiger partial charge in [-0.15, -0.1) is 0 Å². The van der Waals surface area contributed by atoms with Gasteiger partial charge in [-0.25, -0.2) is 0 Å². The number of anilines is 2. The largest absolute Gasteiger partial charge is 0.455 e. The minimum atomic E-state index is 0.923. The van der Waals surface area contributed by atoms with Crippen molar-refractivity contribution in [1.82, 2.24) is 0 Å². The van der Waals surface area contributed by atoms with Crippen molar-refractivity contribution < 1.29 is 4.42 Å². The van der Waals surface area contributed by atoms with E-state index in [0.29, 0.717) is 0 Å². The normalized spacial score (nSPS) is 8.65. The summed E-state index contributed by atoms with van der Waals surface area (Å²) < 4.78 is 6.20. The Bertz CT molecular complexity index is 10300. The summed E-state index contributed by atoms with van der Waals surface area (Å²) in [6.07, 6.45) is 0. The van der Waals surface area contributed by atoms with E-state index in [2.05, 4.69) is 108 Å². The molecule has 770 valence electrons. The highest BCUT2D eigenvalue weighted by Crippen LogP contribution is 2.36. The maximum Gasteiger partial charge on any atom is 0.143 e. The molecular formula is C30H21NOS103. The lowest BCUT2D eigenvalue weighted by atomic mass is 10.0. The molecule has 0 bridgehead atoms. The lowest BCUT2D eigenvalue weighted by molar-refractivity contribution is 0.670. The minimum Gasteiger partial charge on any atom is -0.455 e. The second-order valence-electron chi connectivity index (χ2n) is 14.8. The average molecular weight is 3710 g/mol. The van der Waals surface area contributed by atoms with Crippen molar-refractivity contribution in [2.75, 3.05) is 5.32 Å². The number of rotatable bonds is 4. The predicted molar refractivity (Wildman–Crippen MR) is 893 cm³/mol. The summed E-state index contributed by atoms with van der Waals surface area (Å²) in [6, 6.07) is 42.0. The number of hydrogen-bond acceptors (Lipinski definition) is 4. The molecule has 0 saturated heterocycles. The second kappa shape index (κ2) is 119. The molecule has 0 spiro atoms. The number of fused-ring (bicyclic) bond motifs is 3. The van der Waals surface area contributed by atoms with Crippen LogP contribution in [0.4, 0.5) is 11.4 Å². The van der Waals surface area contributed by atoms with Gasteiger partial charge in [0.15, 0.2) is 0 Å². The van der Waals surface area contributed by atoms with Gasteiger partial charge in [0.2, 0.25) is 0 Å². The van der Waals surface area contributed by atoms with E-state index in [0.717, 1.165) is 44.4 Å². The Morgan fingerprint density at radius 2 is 0.304 bits per heavy atom. The van der Waals surface area contributed by atoms with Gasteiger partial charge in [-0.1, -0.05) is 91.0 Å². The third-order valence-electron chi connectivity index (χ3n) is 8.66. The van der Waals surface area contributed by atoms with Crippen LogP contribution < -0.4 is 5.32 Å². The molecule has 0 atom stereocenters. The molecule has 1 aromatic heterocycles. The Labute approximate surface area is 1070 Å². The third kappa shape index (κ3) is 94.1. The topological polar surface area (TPSA) is 25.2 Å². The summed E-state index contributed by atoms with van der Waals surface area (Å²) in [5, 5.41) is 5.80. The fourth-order valence-corrected chi connectivity index (χ4v) is 277. The standard InChI is InChI=1S/C30H21NO.S103/c1-2-7-21(8-3-1)22-13-17-24(18-14-22)31-25-19-15-23(16-20-25)26-10-6-11-28-27-9-4-5-12-29(27)32-30(26)28;1-3-5-7-9-11-13-15-17-19-21-23-25-27-29-31-33-35-37-39-41-43-45-47-49-51-53-55-57-59-61-63-65-67-69-71-73-75-77-79-81-83-85-87-89-91-93-95-97-99-101-103-102-100-98-96-94-92-90-88-86-84-82-80-78-76-74-72-70-68-66-64-62-60-58-56-54-52-50-48-46-44-42-40-38-36-34-32-30-28-26-24-22-20-18-16-14-12-10-8-6-4-2/h1-20,31H;. The van der Waals surface area contributed by atoms with Crippen LogP contribution in [0.3, 0.4) is 0 Å². The molecule has 0 fully saturated rings. The van der Waals surface area contributed by atoms with E-state index in [1.54, 1.807) is 107 Å². The van der Waals surface area contributed by atoms with E-state index in [1.165, 1.54) is 28.9 Å². The Kier molecular flexibility index (Phi) is 127. The quantitative estimate of drug-likeness (QED) is 0.192. The van der Waals surface area contributed by atoms with Crippen molar-refractivity contribution in [2.45, 2.75) is 0 Å². The van der Waals surface area contributed by atoms with Crippen LogP contribution in [-0.2, 0) is 919 Å². The smallest absolute Gasteiger partial charge is 0.143 e. The first-order valence-electron chi connectivity index (χ1n) is 27.8. The van der Waals surface area contributed by atoms with Gasteiger partial charge in [-0.3, -0.25) is 0 Å². The molecule has 135 heavy (non-hydrogen) atoms. The molecule has 0 unspecified atom stereocenters. The van der Waals surface area contributed by atoms with E-state index in [9.17, 15) is 0 Å². The number of nitrogens with one attached hydrogen (secondary N) is 1. The SMILES string of the molecule is S=S=S=S=S=S=S=S=S=S=S=S=S=S=S=S=S=S=S=S=S=S=S=S=S=S=S=S=S=S=S=S=S=S=S=S=S=S=S=S=S=S=S=S=S=S=S=S=S=S=S=S=S=S=S=S=S=S=S=S=S=S=S=S=S=S=S=S=S=S=S=S=S=S=S=S=S=S=S=S=S=S=S=S=S=S=S=S=S=S=S=S=S=S=S=S=S=S=S=S=S=S=S.c1ccc(-c2ccc(Nc3ccc(-c4cccc5c4oc4ccccc45)cc3)cc2)cc1. The van der Waals surface area contributed by atoms with E-state index in [-0.39, 0.29) is 0 Å². The van der Waals surface area contributed by atoms with Crippen molar-refractivity contribution >= 4 is 953 Å². The van der Waals surface area contributed by atoms with Crippen LogP contribution >= 0.6 is 0 Å². The van der Waals surface area contributed by atoms with E-state index in [4.69, 9.17) is 26.8 Å². The van der Waals surface area contributed by atoms with Gasteiger partial charge in [0, 0.05) is 947 Å². The molecule has 105 heteroatoms. The zero-order valence-electron chi connectivity index (χ0n) is 59.5. The molecule has 1 N–H and O–H groups in total. The van der Waals surface area contributed by atoms with Gasteiger partial charge in [0.1, 0.15) is 11.2 Å². The Morgan fingerprint density at radius 3 is 0.504 bits per heavy atom. The molecule has 0 aliphatic carbocycles. The Balaban J connectivity index is 0.000000822. The van der Waals surface area contributed by atoms with Gasteiger partial charge in [-0.2, -0.15) is 0 Å². The monoisotopic (exact) mass is 3700 g/mol. The summed E-state index contributed by atoms with van der Waals surface area (Å²) in [6.45, 7) is 0.